The summed E-state index contributed by atoms with van der Waals surface area (Å²) < 4.78 is 29.2. The summed E-state index contributed by atoms with van der Waals surface area (Å²) in [6.45, 7) is 6.38. The molecule has 0 fully saturated rings. The maximum Gasteiger partial charge on any atom is 0.263 e. The summed E-state index contributed by atoms with van der Waals surface area (Å²) in [6, 6.07) is 5.30. The summed E-state index contributed by atoms with van der Waals surface area (Å²) in [4.78, 5) is 0.311. The molecule has 2 N–H and O–H groups in total. The van der Waals surface area contributed by atoms with Crippen LogP contribution in [0.2, 0.25) is 0 Å². The van der Waals surface area contributed by atoms with E-state index in [-0.39, 0.29) is 0 Å². The number of hydrogen-bond acceptors (Lipinski definition) is 4. The van der Waals surface area contributed by atoms with E-state index >= 15 is 0 Å². The van der Waals surface area contributed by atoms with E-state index < -0.39 is 10.0 Å². The lowest BCUT2D eigenvalue weighted by molar-refractivity contribution is 0.599. The topological polar surface area (TPSA) is 76.0 Å². The smallest absolute Gasteiger partial charge is 0.263 e. The van der Waals surface area contributed by atoms with Crippen LogP contribution in [0.1, 0.15) is 18.1 Å². The fraction of sp³-hybridized carbons (Fsp3) is 0.357. The van der Waals surface area contributed by atoms with Crippen LogP contribution >= 0.6 is 0 Å². The molecular weight excluding hydrogens is 288 g/mol. The van der Waals surface area contributed by atoms with Gasteiger partial charge in [0.25, 0.3) is 10.0 Å². The van der Waals surface area contributed by atoms with E-state index in [0.29, 0.717) is 21.8 Å². The van der Waals surface area contributed by atoms with Gasteiger partial charge in [-0.05, 0) is 44.0 Å². The third kappa shape index (κ3) is 3.18. The van der Waals surface area contributed by atoms with Crippen molar-refractivity contribution in [3.05, 3.63) is 35.5 Å². The molecule has 0 bridgehead atoms. The zero-order valence-electron chi connectivity index (χ0n) is 12.6. The Morgan fingerprint density at radius 3 is 2.33 bits per heavy atom. The van der Waals surface area contributed by atoms with Crippen LogP contribution in [0.5, 0.6) is 0 Å². The number of aryl methyl sites for hydroxylation is 3. The average molecular weight is 308 g/mol. The maximum absolute atomic E-state index is 12.6. The van der Waals surface area contributed by atoms with E-state index in [4.69, 9.17) is 0 Å². The lowest BCUT2D eigenvalue weighted by Gasteiger charge is -2.15. The summed E-state index contributed by atoms with van der Waals surface area (Å²) in [5, 5.41) is 7.15. The number of sulfonamides is 1. The molecule has 0 unspecified atom stereocenters. The summed E-state index contributed by atoms with van der Waals surface area (Å²) >= 11 is 0. The Kier molecular flexibility index (Phi) is 4.22. The summed E-state index contributed by atoms with van der Waals surface area (Å²) in [5.74, 6) is 0.435. The van der Waals surface area contributed by atoms with E-state index in [1.807, 2.05) is 19.1 Å². The van der Waals surface area contributed by atoms with Crippen molar-refractivity contribution in [2.45, 2.75) is 25.7 Å². The fourth-order valence-electron chi connectivity index (χ4n) is 2.34. The van der Waals surface area contributed by atoms with Crippen molar-refractivity contribution in [3.8, 4) is 0 Å². The van der Waals surface area contributed by atoms with Crippen LogP contribution < -0.4 is 10.0 Å². The largest absolute Gasteiger partial charge is 0.385 e. The first-order valence-electron chi connectivity index (χ1n) is 6.71. The Hall–Kier alpha value is -2.02. The molecule has 1 aromatic carbocycles. The van der Waals surface area contributed by atoms with Crippen molar-refractivity contribution >= 4 is 21.5 Å². The Morgan fingerprint density at radius 2 is 1.86 bits per heavy atom. The number of nitrogens with zero attached hydrogens (tertiary/aromatic N) is 2. The minimum Gasteiger partial charge on any atom is -0.385 e. The number of nitrogens with one attached hydrogen (secondary N) is 2. The van der Waals surface area contributed by atoms with Crippen molar-refractivity contribution in [1.29, 1.82) is 0 Å². The van der Waals surface area contributed by atoms with Crippen LogP contribution in [0.4, 0.5) is 11.5 Å². The van der Waals surface area contributed by atoms with Crippen LogP contribution in [-0.2, 0) is 17.1 Å². The first kappa shape index (κ1) is 15.4. The number of aromatic nitrogens is 2. The van der Waals surface area contributed by atoms with Crippen molar-refractivity contribution in [2.75, 3.05) is 16.6 Å². The highest BCUT2D eigenvalue weighted by Gasteiger charge is 2.21. The molecular formula is C14H20N4O2S. The Labute approximate surface area is 125 Å². The van der Waals surface area contributed by atoms with Gasteiger partial charge in [0.15, 0.2) is 0 Å². The van der Waals surface area contributed by atoms with Gasteiger partial charge in [-0.1, -0.05) is 0 Å². The molecule has 0 amide bonds. The number of hydrogen-bond donors (Lipinski definition) is 2. The van der Waals surface area contributed by atoms with Crippen LogP contribution in [0.3, 0.4) is 0 Å². The van der Waals surface area contributed by atoms with Crippen LogP contribution in [0.25, 0.3) is 0 Å². The average Bonchev–Trinajstić information content (AvgIpc) is 2.73. The molecule has 0 aliphatic heterocycles. The quantitative estimate of drug-likeness (QED) is 0.888. The molecule has 21 heavy (non-hydrogen) atoms. The maximum atomic E-state index is 12.6. The van der Waals surface area contributed by atoms with Gasteiger partial charge in [-0.15, -0.1) is 0 Å². The highest BCUT2D eigenvalue weighted by Crippen LogP contribution is 2.26. The van der Waals surface area contributed by atoms with Gasteiger partial charge in [0.1, 0.15) is 5.82 Å². The molecule has 7 heteroatoms. The van der Waals surface area contributed by atoms with Gasteiger partial charge >= 0.3 is 0 Å². The van der Waals surface area contributed by atoms with Crippen molar-refractivity contribution in [2.24, 2.45) is 7.05 Å². The molecule has 114 valence electrons. The monoisotopic (exact) mass is 308 g/mol. The second-order valence-corrected chi connectivity index (χ2v) is 6.53. The third-order valence-corrected chi connectivity index (χ3v) is 4.83. The van der Waals surface area contributed by atoms with Gasteiger partial charge in [-0.3, -0.25) is 9.40 Å². The highest BCUT2D eigenvalue weighted by atomic mass is 32.2. The number of rotatable bonds is 5. The first-order valence-corrected chi connectivity index (χ1v) is 8.19. The van der Waals surface area contributed by atoms with Gasteiger partial charge < -0.3 is 5.32 Å². The first-order chi connectivity index (χ1) is 9.85. The van der Waals surface area contributed by atoms with Gasteiger partial charge in [0, 0.05) is 25.3 Å². The van der Waals surface area contributed by atoms with Crippen molar-refractivity contribution < 1.29 is 8.42 Å². The van der Waals surface area contributed by atoms with E-state index in [1.54, 1.807) is 33.2 Å². The molecule has 1 aromatic heterocycles. The van der Waals surface area contributed by atoms with E-state index in [2.05, 4.69) is 15.1 Å². The Morgan fingerprint density at radius 1 is 1.24 bits per heavy atom. The van der Waals surface area contributed by atoms with Gasteiger partial charge in [-0.2, -0.15) is 5.10 Å². The second kappa shape index (κ2) is 5.77. The normalized spacial score (nSPS) is 11.4. The molecule has 0 radical (unpaired) electrons. The molecule has 2 rings (SSSR count). The SMILES string of the molecule is CCNc1cc(C)c(S(=O)(=O)Nc2ccnn2C)c(C)c1. The molecule has 0 spiro atoms. The standard InChI is InChI=1S/C14H20N4O2S/c1-5-15-12-8-10(2)14(11(3)9-12)21(19,20)17-13-6-7-16-18(13)4/h6-9,15,17H,5H2,1-4H3. The highest BCUT2D eigenvalue weighted by molar-refractivity contribution is 7.92. The van der Waals surface area contributed by atoms with Gasteiger partial charge in [-0.25, -0.2) is 8.42 Å². The molecule has 0 saturated heterocycles. The zero-order chi connectivity index (χ0) is 15.6. The Bertz CT molecular complexity index is 727. The summed E-state index contributed by atoms with van der Waals surface area (Å²) in [6.07, 6.45) is 1.55. The van der Waals surface area contributed by atoms with Crippen LogP contribution in [0, 0.1) is 13.8 Å². The lowest BCUT2D eigenvalue weighted by Crippen LogP contribution is -2.18. The van der Waals surface area contributed by atoms with Crippen molar-refractivity contribution in [1.82, 2.24) is 9.78 Å². The van der Waals surface area contributed by atoms with E-state index in [1.165, 1.54) is 4.68 Å². The molecule has 0 saturated carbocycles. The molecule has 6 nitrogen and oxygen atoms in total. The lowest BCUT2D eigenvalue weighted by atomic mass is 10.1. The summed E-state index contributed by atoms with van der Waals surface area (Å²) in [5.41, 5.74) is 2.34. The van der Waals surface area contributed by atoms with Crippen LogP contribution in [-0.4, -0.2) is 24.7 Å². The van der Waals surface area contributed by atoms with Crippen molar-refractivity contribution in [3.63, 3.8) is 0 Å². The fourth-order valence-corrected chi connectivity index (χ4v) is 3.89. The summed E-state index contributed by atoms with van der Waals surface area (Å²) in [7, 11) is -1.95. The molecule has 0 atom stereocenters. The number of anilines is 2. The van der Waals surface area contributed by atoms with Gasteiger partial charge in [0.2, 0.25) is 0 Å². The third-order valence-electron chi connectivity index (χ3n) is 3.17. The minimum absolute atomic E-state index is 0.311. The molecule has 2 aromatic rings. The predicted octanol–water partition coefficient (Wildman–Crippen LogP) is 2.27. The van der Waals surface area contributed by atoms with Gasteiger partial charge in [0.05, 0.1) is 11.1 Å². The minimum atomic E-state index is -3.64. The zero-order valence-corrected chi connectivity index (χ0v) is 13.5. The Balaban J connectivity index is 2.43. The van der Waals surface area contributed by atoms with E-state index in [9.17, 15) is 8.42 Å². The van der Waals surface area contributed by atoms with Crippen LogP contribution in [0.15, 0.2) is 29.3 Å². The second-order valence-electron chi connectivity index (χ2n) is 4.92. The predicted molar refractivity (Wildman–Crippen MR) is 84.1 cm³/mol. The molecule has 0 aliphatic rings. The molecule has 0 aliphatic carbocycles. The number of benzene rings is 1. The molecule has 1 heterocycles. The van der Waals surface area contributed by atoms with E-state index in [0.717, 1.165) is 12.2 Å².